The molecule has 2 aromatic heterocycles. The van der Waals surface area contributed by atoms with E-state index >= 15 is 0 Å². The van der Waals surface area contributed by atoms with E-state index in [1.165, 1.54) is 27.9 Å². The van der Waals surface area contributed by atoms with E-state index in [0.717, 1.165) is 0 Å². The number of fused-ring (bicyclic) bond motifs is 1. The van der Waals surface area contributed by atoms with E-state index in [2.05, 4.69) is 4.98 Å². The van der Waals surface area contributed by atoms with Gasteiger partial charge in [-0.2, -0.15) is 0 Å². The average Bonchev–Trinajstić information content (AvgIpc) is 2.94. The van der Waals surface area contributed by atoms with Gasteiger partial charge >= 0.3 is 5.97 Å². The smallest absolute Gasteiger partial charge is 0.339 e. The van der Waals surface area contributed by atoms with Crippen LogP contribution in [0, 0.1) is 0 Å². The van der Waals surface area contributed by atoms with Crippen LogP contribution in [0.4, 0.5) is 0 Å². The fraction of sp³-hybridized carbons (Fsp3) is 0.0714. The number of hydrogen-bond donors (Lipinski definition) is 1. The van der Waals surface area contributed by atoms with Gasteiger partial charge in [-0.05, 0) is 12.1 Å². The number of nitrogens with zero attached hydrogens (tertiary/aromatic N) is 2. The van der Waals surface area contributed by atoms with Gasteiger partial charge in [0.15, 0.2) is 4.96 Å². The van der Waals surface area contributed by atoms with Crippen LogP contribution in [0.5, 0.6) is 5.75 Å². The highest BCUT2D eigenvalue weighted by molar-refractivity contribution is 7.15. The average molecular weight is 302 g/mol. The van der Waals surface area contributed by atoms with Crippen molar-refractivity contribution in [1.29, 1.82) is 0 Å². The van der Waals surface area contributed by atoms with Crippen LogP contribution in [0.3, 0.4) is 0 Å². The minimum absolute atomic E-state index is 0.0356. The van der Waals surface area contributed by atoms with Crippen molar-refractivity contribution < 1.29 is 14.6 Å². The molecule has 0 aliphatic heterocycles. The van der Waals surface area contributed by atoms with Crippen LogP contribution in [0.25, 0.3) is 4.96 Å². The molecule has 6 nitrogen and oxygen atoms in total. The van der Waals surface area contributed by atoms with Crippen molar-refractivity contribution in [3.05, 3.63) is 63.5 Å². The zero-order valence-electron chi connectivity index (χ0n) is 10.7. The van der Waals surface area contributed by atoms with Crippen molar-refractivity contribution in [3.8, 4) is 5.75 Å². The van der Waals surface area contributed by atoms with Gasteiger partial charge in [0.25, 0.3) is 5.56 Å². The molecular weight excluding hydrogens is 292 g/mol. The highest BCUT2D eigenvalue weighted by Crippen LogP contribution is 2.19. The summed E-state index contributed by atoms with van der Waals surface area (Å²) in [6.07, 6.45) is 1.65. The summed E-state index contributed by atoms with van der Waals surface area (Å²) in [5.74, 6) is -0.814. The molecule has 1 N–H and O–H groups in total. The Kier molecular flexibility index (Phi) is 3.41. The summed E-state index contributed by atoms with van der Waals surface area (Å²) in [5, 5.41) is 10.8. The predicted octanol–water partition coefficient (Wildman–Crippen LogP) is 2.03. The first-order valence-corrected chi connectivity index (χ1v) is 6.94. The van der Waals surface area contributed by atoms with Crippen LogP contribution in [0.1, 0.15) is 16.1 Å². The van der Waals surface area contributed by atoms with E-state index in [-0.39, 0.29) is 23.5 Å². The van der Waals surface area contributed by atoms with E-state index in [0.29, 0.717) is 10.7 Å². The second-order valence-electron chi connectivity index (χ2n) is 4.23. The molecule has 0 saturated heterocycles. The molecule has 2 heterocycles. The van der Waals surface area contributed by atoms with Crippen molar-refractivity contribution in [2.24, 2.45) is 0 Å². The number of rotatable bonds is 4. The number of thiazole rings is 1. The van der Waals surface area contributed by atoms with Crippen molar-refractivity contribution in [2.75, 3.05) is 0 Å². The molecule has 0 fully saturated rings. The molecule has 3 aromatic rings. The molecule has 21 heavy (non-hydrogen) atoms. The fourth-order valence-corrected chi connectivity index (χ4v) is 2.62. The Labute approximate surface area is 122 Å². The maximum atomic E-state index is 11.8. The predicted molar refractivity (Wildman–Crippen MR) is 77.1 cm³/mol. The second kappa shape index (κ2) is 5.37. The van der Waals surface area contributed by atoms with Crippen LogP contribution in [0.2, 0.25) is 0 Å². The summed E-state index contributed by atoms with van der Waals surface area (Å²) in [6.45, 7) is 0.0356. The zero-order chi connectivity index (χ0) is 14.8. The minimum atomic E-state index is -1.06. The Balaban J connectivity index is 1.87. The molecule has 0 spiro atoms. The number of carboxylic acid groups (broad SMARTS) is 1. The Morgan fingerprint density at radius 3 is 3.00 bits per heavy atom. The SMILES string of the molecule is O=C(O)c1ccccc1OCc1cc(=O)n2ccsc2n1. The van der Waals surface area contributed by atoms with Crippen molar-refractivity contribution in [1.82, 2.24) is 9.38 Å². The summed E-state index contributed by atoms with van der Waals surface area (Å²) < 4.78 is 6.92. The van der Waals surface area contributed by atoms with E-state index in [1.807, 2.05) is 0 Å². The molecule has 0 saturated carbocycles. The monoisotopic (exact) mass is 302 g/mol. The van der Waals surface area contributed by atoms with Crippen LogP contribution in [-0.4, -0.2) is 20.5 Å². The van der Waals surface area contributed by atoms with E-state index in [9.17, 15) is 9.59 Å². The third-order valence-electron chi connectivity index (χ3n) is 2.85. The van der Waals surface area contributed by atoms with Gasteiger partial charge in [0, 0.05) is 17.6 Å². The lowest BCUT2D eigenvalue weighted by Gasteiger charge is -2.08. The number of carbonyl (C=O) groups is 1. The maximum Gasteiger partial charge on any atom is 0.339 e. The lowest BCUT2D eigenvalue weighted by Crippen LogP contribution is -2.14. The normalized spacial score (nSPS) is 10.7. The Morgan fingerprint density at radius 1 is 1.38 bits per heavy atom. The van der Waals surface area contributed by atoms with Crippen molar-refractivity contribution in [2.45, 2.75) is 6.61 Å². The molecule has 0 unspecified atom stereocenters. The molecule has 7 heteroatoms. The van der Waals surface area contributed by atoms with Gasteiger partial charge in [0.1, 0.15) is 17.9 Å². The van der Waals surface area contributed by atoms with E-state index in [4.69, 9.17) is 9.84 Å². The van der Waals surface area contributed by atoms with Gasteiger partial charge in [0.05, 0.1) is 5.69 Å². The number of ether oxygens (including phenoxy) is 1. The van der Waals surface area contributed by atoms with Crippen molar-refractivity contribution in [3.63, 3.8) is 0 Å². The number of aromatic carboxylic acids is 1. The van der Waals surface area contributed by atoms with Crippen LogP contribution >= 0.6 is 11.3 Å². The summed E-state index contributed by atoms with van der Waals surface area (Å²) in [5.41, 5.74) is 0.348. The molecular formula is C14H10N2O4S. The van der Waals surface area contributed by atoms with Gasteiger partial charge in [-0.25, -0.2) is 9.78 Å². The summed E-state index contributed by atoms with van der Waals surface area (Å²) in [7, 11) is 0. The summed E-state index contributed by atoms with van der Waals surface area (Å²) in [4.78, 5) is 27.8. The molecule has 0 radical (unpaired) electrons. The van der Waals surface area contributed by atoms with Gasteiger partial charge in [0.2, 0.25) is 0 Å². The van der Waals surface area contributed by atoms with Gasteiger partial charge in [-0.3, -0.25) is 9.20 Å². The molecule has 106 valence electrons. The molecule has 0 atom stereocenters. The van der Waals surface area contributed by atoms with Crippen LogP contribution in [-0.2, 0) is 6.61 Å². The lowest BCUT2D eigenvalue weighted by atomic mass is 10.2. The Hall–Kier alpha value is -2.67. The molecule has 0 aliphatic carbocycles. The van der Waals surface area contributed by atoms with E-state index < -0.39 is 5.97 Å². The second-order valence-corrected chi connectivity index (χ2v) is 5.10. The number of para-hydroxylation sites is 1. The largest absolute Gasteiger partial charge is 0.486 e. The van der Waals surface area contributed by atoms with Gasteiger partial charge in [-0.15, -0.1) is 11.3 Å². The summed E-state index contributed by atoms with van der Waals surface area (Å²) >= 11 is 1.35. The van der Waals surface area contributed by atoms with Gasteiger partial charge in [-0.1, -0.05) is 12.1 Å². The fourth-order valence-electron chi connectivity index (χ4n) is 1.88. The minimum Gasteiger partial charge on any atom is -0.486 e. The van der Waals surface area contributed by atoms with Crippen LogP contribution in [0.15, 0.2) is 46.7 Å². The Bertz CT molecular complexity index is 869. The summed E-state index contributed by atoms with van der Waals surface area (Å²) in [6, 6.07) is 7.72. The number of benzene rings is 1. The van der Waals surface area contributed by atoms with E-state index in [1.54, 1.807) is 29.8 Å². The highest BCUT2D eigenvalue weighted by Gasteiger charge is 2.11. The molecule has 1 aromatic carbocycles. The quantitative estimate of drug-likeness (QED) is 0.797. The first kappa shape index (κ1) is 13.3. The van der Waals surface area contributed by atoms with Crippen LogP contribution < -0.4 is 10.3 Å². The van der Waals surface area contributed by atoms with Gasteiger partial charge < -0.3 is 9.84 Å². The lowest BCUT2D eigenvalue weighted by molar-refractivity contribution is 0.0691. The molecule has 0 amide bonds. The highest BCUT2D eigenvalue weighted by atomic mass is 32.1. The molecule has 3 rings (SSSR count). The zero-order valence-corrected chi connectivity index (χ0v) is 11.5. The third kappa shape index (κ3) is 2.63. The number of hydrogen-bond acceptors (Lipinski definition) is 5. The Morgan fingerprint density at radius 2 is 2.19 bits per heavy atom. The topological polar surface area (TPSA) is 80.9 Å². The first-order valence-electron chi connectivity index (χ1n) is 6.06. The number of aromatic nitrogens is 2. The third-order valence-corrected chi connectivity index (χ3v) is 3.61. The molecule has 0 bridgehead atoms. The standard InChI is InChI=1S/C14H10N2O4S/c17-12-7-9(15-14-16(12)5-6-21-14)8-20-11-4-2-1-3-10(11)13(18)19/h1-7H,8H2,(H,18,19). The first-order chi connectivity index (χ1) is 10.1. The van der Waals surface area contributed by atoms with Crippen molar-refractivity contribution >= 4 is 22.3 Å². The number of carboxylic acids is 1. The molecule has 0 aliphatic rings. The maximum absolute atomic E-state index is 11.8.